The quantitative estimate of drug-likeness (QED) is 0.627. The maximum atomic E-state index is 12.7. The number of benzene rings is 1. The van der Waals surface area contributed by atoms with Gasteiger partial charge >= 0.3 is 6.03 Å². The van der Waals surface area contributed by atoms with Crippen LogP contribution in [0, 0.1) is 0 Å². The molecule has 6 nitrogen and oxygen atoms in total. The molecule has 122 valence electrons. The van der Waals surface area contributed by atoms with Gasteiger partial charge in [0.25, 0.3) is 11.8 Å². The molecule has 1 aliphatic heterocycles. The Hall–Kier alpha value is -2.45. The molecule has 3 rings (SSSR count). The first kappa shape index (κ1) is 16.4. The Labute approximate surface area is 149 Å². The second-order valence-corrected chi connectivity index (χ2v) is 7.29. The summed E-state index contributed by atoms with van der Waals surface area (Å²) < 4.78 is 5.93. The average Bonchev–Trinajstić information content (AvgIpc) is 2.97. The number of anilines is 1. The number of rotatable bonds is 3. The SMILES string of the molecule is COc1ccc(N2C(=O)NC(=O)/C(=C\c3ccc(Br)s3)C2=O)cc1. The number of amides is 4. The van der Waals surface area contributed by atoms with E-state index in [0.717, 1.165) is 13.6 Å². The number of halogens is 1. The van der Waals surface area contributed by atoms with Crippen LogP contribution in [-0.2, 0) is 9.59 Å². The van der Waals surface area contributed by atoms with Gasteiger partial charge < -0.3 is 4.74 Å². The van der Waals surface area contributed by atoms with E-state index in [0.29, 0.717) is 11.4 Å². The molecule has 24 heavy (non-hydrogen) atoms. The van der Waals surface area contributed by atoms with Crippen LogP contribution >= 0.6 is 27.3 Å². The predicted octanol–water partition coefficient (Wildman–Crippen LogP) is 3.19. The molecule has 1 N–H and O–H groups in total. The molecular formula is C16H11BrN2O4S. The summed E-state index contributed by atoms with van der Waals surface area (Å²) >= 11 is 4.70. The minimum absolute atomic E-state index is 0.0974. The molecule has 4 amide bonds. The van der Waals surface area contributed by atoms with Gasteiger partial charge in [0, 0.05) is 4.88 Å². The molecule has 1 fully saturated rings. The lowest BCUT2D eigenvalue weighted by Crippen LogP contribution is -2.54. The van der Waals surface area contributed by atoms with Crippen molar-refractivity contribution < 1.29 is 19.1 Å². The number of nitrogens with one attached hydrogen (secondary N) is 1. The van der Waals surface area contributed by atoms with Crippen molar-refractivity contribution >= 4 is 56.9 Å². The van der Waals surface area contributed by atoms with Crippen LogP contribution in [0.15, 0.2) is 45.8 Å². The van der Waals surface area contributed by atoms with E-state index in [4.69, 9.17) is 4.74 Å². The van der Waals surface area contributed by atoms with Crippen molar-refractivity contribution in [2.24, 2.45) is 0 Å². The molecule has 0 spiro atoms. The van der Waals surface area contributed by atoms with Gasteiger partial charge in [-0.2, -0.15) is 0 Å². The van der Waals surface area contributed by atoms with Gasteiger partial charge in [0.2, 0.25) is 0 Å². The van der Waals surface area contributed by atoms with E-state index >= 15 is 0 Å². The number of imide groups is 2. The standard InChI is InChI=1S/C16H11BrN2O4S/c1-23-10-4-2-9(3-5-10)19-15(21)12(14(20)18-16(19)22)8-11-6-7-13(17)24-11/h2-8H,1H3,(H,18,20,22)/b12-8+. The molecule has 0 aliphatic carbocycles. The third-order valence-corrected chi connectivity index (χ3v) is 4.88. The first-order valence-corrected chi connectivity index (χ1v) is 8.41. The monoisotopic (exact) mass is 406 g/mol. The minimum atomic E-state index is -0.778. The van der Waals surface area contributed by atoms with Gasteiger partial charge in [-0.25, -0.2) is 9.69 Å². The molecule has 0 unspecified atom stereocenters. The predicted molar refractivity (Wildman–Crippen MR) is 94.0 cm³/mol. The number of carbonyl (C=O) groups is 3. The zero-order valence-corrected chi connectivity index (χ0v) is 14.8. The van der Waals surface area contributed by atoms with Gasteiger partial charge in [-0.1, -0.05) is 0 Å². The van der Waals surface area contributed by atoms with Crippen molar-refractivity contribution in [1.82, 2.24) is 5.32 Å². The molecule has 0 saturated carbocycles. The smallest absolute Gasteiger partial charge is 0.335 e. The number of ether oxygens (including phenoxy) is 1. The summed E-state index contributed by atoms with van der Waals surface area (Å²) in [6.45, 7) is 0. The van der Waals surface area contributed by atoms with Gasteiger partial charge in [-0.05, 0) is 58.4 Å². The Balaban J connectivity index is 1.97. The van der Waals surface area contributed by atoms with Crippen LogP contribution in [-0.4, -0.2) is 25.0 Å². The Kier molecular flexibility index (Phi) is 4.50. The molecule has 8 heteroatoms. The lowest BCUT2D eigenvalue weighted by Gasteiger charge is -2.26. The summed E-state index contributed by atoms with van der Waals surface area (Å²) in [5.74, 6) is -0.781. The van der Waals surface area contributed by atoms with Crippen LogP contribution in [0.1, 0.15) is 4.88 Å². The molecule has 1 aromatic carbocycles. The van der Waals surface area contributed by atoms with Crippen molar-refractivity contribution in [2.45, 2.75) is 0 Å². The molecule has 0 atom stereocenters. The average molecular weight is 407 g/mol. The van der Waals surface area contributed by atoms with Crippen LogP contribution in [0.3, 0.4) is 0 Å². The van der Waals surface area contributed by atoms with Crippen LogP contribution in [0.5, 0.6) is 5.75 Å². The molecule has 1 aromatic heterocycles. The number of carbonyl (C=O) groups excluding carboxylic acids is 3. The lowest BCUT2D eigenvalue weighted by molar-refractivity contribution is -0.122. The third kappa shape index (κ3) is 3.10. The fraction of sp³-hybridized carbons (Fsp3) is 0.0625. The van der Waals surface area contributed by atoms with E-state index in [1.165, 1.54) is 24.5 Å². The van der Waals surface area contributed by atoms with Gasteiger partial charge in [-0.3, -0.25) is 14.9 Å². The Morgan fingerprint density at radius 2 is 1.83 bits per heavy atom. The number of urea groups is 1. The Bertz CT molecular complexity index is 857. The number of methoxy groups -OCH3 is 1. The van der Waals surface area contributed by atoms with E-state index < -0.39 is 17.8 Å². The van der Waals surface area contributed by atoms with Crippen LogP contribution in [0.2, 0.25) is 0 Å². The number of hydrogen-bond donors (Lipinski definition) is 1. The molecule has 2 heterocycles. The summed E-state index contributed by atoms with van der Waals surface area (Å²) in [6, 6.07) is 9.22. The van der Waals surface area contributed by atoms with Gasteiger partial charge in [0.15, 0.2) is 0 Å². The van der Waals surface area contributed by atoms with Crippen LogP contribution in [0.25, 0.3) is 6.08 Å². The fourth-order valence-electron chi connectivity index (χ4n) is 2.17. The summed E-state index contributed by atoms with van der Waals surface area (Å²) in [5, 5.41) is 2.18. The molecule has 0 radical (unpaired) electrons. The second-order valence-electron chi connectivity index (χ2n) is 4.80. The second kappa shape index (κ2) is 6.58. The van der Waals surface area contributed by atoms with Crippen LogP contribution in [0.4, 0.5) is 10.5 Å². The number of barbiturate groups is 1. The largest absolute Gasteiger partial charge is 0.497 e. The van der Waals surface area contributed by atoms with Crippen LogP contribution < -0.4 is 15.0 Å². The number of thiophene rings is 1. The third-order valence-electron chi connectivity index (χ3n) is 3.31. The van der Waals surface area contributed by atoms with E-state index in [2.05, 4.69) is 21.2 Å². The highest BCUT2D eigenvalue weighted by Gasteiger charge is 2.36. The zero-order valence-electron chi connectivity index (χ0n) is 12.4. The summed E-state index contributed by atoms with van der Waals surface area (Å²) in [4.78, 5) is 38.4. The van der Waals surface area contributed by atoms with Crippen molar-refractivity contribution in [2.75, 3.05) is 12.0 Å². The van der Waals surface area contributed by atoms with Gasteiger partial charge in [0.05, 0.1) is 16.6 Å². The van der Waals surface area contributed by atoms with E-state index in [1.807, 2.05) is 6.07 Å². The van der Waals surface area contributed by atoms with E-state index in [9.17, 15) is 14.4 Å². The number of nitrogens with zero attached hydrogens (tertiary/aromatic N) is 1. The van der Waals surface area contributed by atoms with E-state index in [-0.39, 0.29) is 5.57 Å². The number of hydrogen-bond acceptors (Lipinski definition) is 5. The highest BCUT2D eigenvalue weighted by atomic mass is 79.9. The van der Waals surface area contributed by atoms with Gasteiger partial charge in [0.1, 0.15) is 11.3 Å². The molecule has 1 saturated heterocycles. The summed E-state index contributed by atoms with van der Waals surface area (Å²) in [7, 11) is 1.52. The topological polar surface area (TPSA) is 75.7 Å². The zero-order chi connectivity index (χ0) is 17.3. The van der Waals surface area contributed by atoms with Crippen molar-refractivity contribution in [3.8, 4) is 5.75 Å². The Morgan fingerprint density at radius 3 is 2.42 bits per heavy atom. The van der Waals surface area contributed by atoms with Crippen molar-refractivity contribution in [3.63, 3.8) is 0 Å². The first-order valence-electron chi connectivity index (χ1n) is 6.80. The van der Waals surface area contributed by atoms with E-state index in [1.54, 1.807) is 30.3 Å². The maximum absolute atomic E-state index is 12.7. The highest BCUT2D eigenvalue weighted by Crippen LogP contribution is 2.27. The molecular weight excluding hydrogens is 396 g/mol. The minimum Gasteiger partial charge on any atom is -0.497 e. The van der Waals surface area contributed by atoms with Crippen molar-refractivity contribution in [3.05, 3.63) is 50.6 Å². The normalized spacial score (nSPS) is 16.5. The Morgan fingerprint density at radius 1 is 1.12 bits per heavy atom. The van der Waals surface area contributed by atoms with Crippen molar-refractivity contribution in [1.29, 1.82) is 0 Å². The first-order chi connectivity index (χ1) is 11.5. The maximum Gasteiger partial charge on any atom is 0.335 e. The molecule has 1 aliphatic rings. The molecule has 0 bridgehead atoms. The lowest BCUT2D eigenvalue weighted by atomic mass is 10.1. The summed E-state index contributed by atoms with van der Waals surface area (Å²) in [5.41, 5.74) is 0.254. The summed E-state index contributed by atoms with van der Waals surface area (Å²) in [6.07, 6.45) is 1.47. The molecule has 2 aromatic rings. The van der Waals surface area contributed by atoms with Gasteiger partial charge in [-0.15, -0.1) is 11.3 Å². The fourth-order valence-corrected chi connectivity index (χ4v) is 3.54. The highest BCUT2D eigenvalue weighted by molar-refractivity contribution is 9.11.